The highest BCUT2D eigenvalue weighted by Gasteiger charge is 2.41. The Morgan fingerprint density at radius 3 is 2.39 bits per heavy atom. The van der Waals surface area contributed by atoms with Crippen LogP contribution in [-0.4, -0.2) is 33.6 Å². The van der Waals surface area contributed by atoms with Gasteiger partial charge in [-0.1, -0.05) is 36.4 Å². The fraction of sp³-hybridized carbons (Fsp3) is 0.381. The number of carbonyl (C=O) groups excluding carboxylic acids is 1. The maximum Gasteiger partial charge on any atom is 0.240 e. The van der Waals surface area contributed by atoms with Crippen molar-refractivity contribution in [3.8, 4) is 0 Å². The molecule has 1 amide bonds. The van der Waals surface area contributed by atoms with E-state index in [0.29, 0.717) is 31.7 Å². The zero-order chi connectivity index (χ0) is 19.6. The monoisotopic (exact) mass is 400 g/mol. The van der Waals surface area contributed by atoms with E-state index in [2.05, 4.69) is 10.0 Å². The number of benzene rings is 2. The Hall–Kier alpha value is -2.22. The van der Waals surface area contributed by atoms with Gasteiger partial charge in [-0.3, -0.25) is 4.79 Å². The molecular weight excluding hydrogens is 376 g/mol. The lowest BCUT2D eigenvalue weighted by atomic mass is 9.73. The van der Waals surface area contributed by atoms with Crippen LogP contribution in [-0.2, 0) is 25.0 Å². The van der Waals surface area contributed by atoms with E-state index in [9.17, 15) is 13.2 Å². The molecule has 4 rings (SSSR count). The molecule has 7 heteroatoms. The molecule has 2 aliphatic rings. The summed E-state index contributed by atoms with van der Waals surface area (Å²) >= 11 is 0. The van der Waals surface area contributed by atoms with Crippen molar-refractivity contribution in [3.05, 3.63) is 60.2 Å². The molecule has 0 bridgehead atoms. The molecule has 6 nitrogen and oxygen atoms in total. The van der Waals surface area contributed by atoms with E-state index >= 15 is 0 Å². The van der Waals surface area contributed by atoms with E-state index in [1.54, 1.807) is 18.2 Å². The van der Waals surface area contributed by atoms with Gasteiger partial charge in [0.15, 0.2) is 0 Å². The summed E-state index contributed by atoms with van der Waals surface area (Å²) < 4.78 is 33.1. The highest BCUT2D eigenvalue weighted by atomic mass is 32.2. The number of carbonyl (C=O) groups is 1. The molecule has 1 aliphatic carbocycles. The Bertz CT molecular complexity index is 949. The minimum Gasteiger partial charge on any atom is -0.381 e. The van der Waals surface area contributed by atoms with Gasteiger partial charge in [0.05, 0.1) is 10.3 Å². The number of anilines is 1. The lowest BCUT2D eigenvalue weighted by Gasteiger charge is -2.36. The van der Waals surface area contributed by atoms with Crippen molar-refractivity contribution in [3.63, 3.8) is 0 Å². The van der Waals surface area contributed by atoms with Gasteiger partial charge in [-0.15, -0.1) is 0 Å². The molecule has 2 aromatic carbocycles. The largest absolute Gasteiger partial charge is 0.381 e. The number of hydrogen-bond acceptors (Lipinski definition) is 4. The summed E-state index contributed by atoms with van der Waals surface area (Å²) in [7, 11) is -3.57. The number of nitrogens with one attached hydrogen (secondary N) is 2. The summed E-state index contributed by atoms with van der Waals surface area (Å²) in [5.74, 6) is -0.133. The molecule has 2 fully saturated rings. The normalized spacial score (nSPS) is 19.1. The number of amides is 1. The van der Waals surface area contributed by atoms with E-state index < -0.39 is 15.4 Å². The predicted molar refractivity (Wildman–Crippen MR) is 107 cm³/mol. The quantitative estimate of drug-likeness (QED) is 0.781. The highest BCUT2D eigenvalue weighted by Crippen LogP contribution is 2.36. The number of hydrogen-bond donors (Lipinski definition) is 2. The Morgan fingerprint density at radius 1 is 1.00 bits per heavy atom. The first-order valence-electron chi connectivity index (χ1n) is 9.57. The third kappa shape index (κ3) is 3.97. The van der Waals surface area contributed by atoms with Crippen molar-refractivity contribution in [2.45, 2.75) is 42.0 Å². The molecule has 2 aromatic rings. The van der Waals surface area contributed by atoms with Crippen molar-refractivity contribution in [2.24, 2.45) is 0 Å². The van der Waals surface area contributed by atoms with Crippen molar-refractivity contribution in [1.82, 2.24) is 4.72 Å². The van der Waals surface area contributed by atoms with Gasteiger partial charge in [0.1, 0.15) is 0 Å². The van der Waals surface area contributed by atoms with Crippen LogP contribution in [0.5, 0.6) is 0 Å². The molecular formula is C21H24N2O4S. The molecule has 1 heterocycles. The Kier molecular flexibility index (Phi) is 5.23. The molecule has 0 atom stereocenters. The van der Waals surface area contributed by atoms with Crippen LogP contribution < -0.4 is 10.0 Å². The lowest BCUT2D eigenvalue weighted by Crippen LogP contribution is -2.44. The molecule has 28 heavy (non-hydrogen) atoms. The molecule has 1 saturated heterocycles. The van der Waals surface area contributed by atoms with Crippen LogP contribution in [0, 0.1) is 0 Å². The fourth-order valence-corrected chi connectivity index (χ4v) is 4.95. The van der Waals surface area contributed by atoms with Crippen LogP contribution in [0.1, 0.15) is 31.2 Å². The highest BCUT2D eigenvalue weighted by molar-refractivity contribution is 7.89. The smallest absolute Gasteiger partial charge is 0.240 e. The Labute approximate surface area is 165 Å². The summed E-state index contributed by atoms with van der Waals surface area (Å²) in [4.78, 5) is 13.5. The van der Waals surface area contributed by atoms with Gasteiger partial charge in [-0.05, 0) is 49.4 Å². The van der Waals surface area contributed by atoms with Gasteiger partial charge in [-0.2, -0.15) is 0 Å². The topological polar surface area (TPSA) is 84.5 Å². The van der Waals surface area contributed by atoms with E-state index in [-0.39, 0.29) is 16.8 Å². The van der Waals surface area contributed by atoms with Crippen LogP contribution in [0.15, 0.2) is 59.5 Å². The van der Waals surface area contributed by atoms with Crippen molar-refractivity contribution < 1.29 is 17.9 Å². The van der Waals surface area contributed by atoms with Crippen LogP contribution in [0.3, 0.4) is 0 Å². The zero-order valence-corrected chi connectivity index (χ0v) is 16.4. The van der Waals surface area contributed by atoms with E-state index in [1.165, 1.54) is 6.07 Å². The third-order valence-electron chi connectivity index (χ3n) is 5.41. The number of sulfonamides is 1. The number of ether oxygens (including phenoxy) is 1. The first-order valence-corrected chi connectivity index (χ1v) is 11.1. The third-order valence-corrected chi connectivity index (χ3v) is 6.93. The minimum atomic E-state index is -3.57. The van der Waals surface area contributed by atoms with Gasteiger partial charge in [0.2, 0.25) is 15.9 Å². The second-order valence-electron chi connectivity index (χ2n) is 7.44. The van der Waals surface area contributed by atoms with Crippen LogP contribution in [0.4, 0.5) is 5.69 Å². The summed E-state index contributed by atoms with van der Waals surface area (Å²) in [6.07, 6.45) is 2.92. The molecule has 1 saturated carbocycles. The zero-order valence-electron chi connectivity index (χ0n) is 15.6. The fourth-order valence-electron chi connectivity index (χ4n) is 3.60. The molecule has 0 aromatic heterocycles. The van der Waals surface area contributed by atoms with Crippen molar-refractivity contribution >= 4 is 21.6 Å². The van der Waals surface area contributed by atoms with Gasteiger partial charge >= 0.3 is 0 Å². The summed E-state index contributed by atoms with van der Waals surface area (Å²) in [5, 5.41) is 2.95. The second kappa shape index (κ2) is 7.66. The maximum atomic E-state index is 13.3. The first kappa shape index (κ1) is 19.1. The molecule has 0 radical (unpaired) electrons. The molecule has 0 unspecified atom stereocenters. The van der Waals surface area contributed by atoms with Crippen molar-refractivity contribution in [1.29, 1.82) is 0 Å². The SMILES string of the molecule is O=C(Nc1cccc(S(=O)(=O)NC2CC2)c1)C1(c2ccccc2)CCOCC1. The minimum absolute atomic E-state index is 0.0341. The summed E-state index contributed by atoms with van der Waals surface area (Å²) in [6, 6.07) is 16.2. The molecule has 2 N–H and O–H groups in total. The lowest BCUT2D eigenvalue weighted by molar-refractivity contribution is -0.125. The average molecular weight is 401 g/mol. The van der Waals surface area contributed by atoms with Crippen LogP contribution in [0.25, 0.3) is 0 Å². The second-order valence-corrected chi connectivity index (χ2v) is 9.15. The Morgan fingerprint density at radius 2 is 1.71 bits per heavy atom. The first-order chi connectivity index (χ1) is 13.5. The predicted octanol–water partition coefficient (Wildman–Crippen LogP) is 2.81. The standard InChI is InChI=1S/C21H24N2O4S/c24-20(21(11-13-27-14-12-21)16-5-2-1-3-6-16)22-18-7-4-8-19(15-18)28(25,26)23-17-9-10-17/h1-8,15,17,23H,9-14H2,(H,22,24). The van der Waals surface area contributed by atoms with Crippen molar-refractivity contribution in [2.75, 3.05) is 18.5 Å². The van der Waals surface area contributed by atoms with Crippen LogP contribution >= 0.6 is 0 Å². The molecule has 1 aliphatic heterocycles. The number of rotatable bonds is 6. The summed E-state index contributed by atoms with van der Waals surface area (Å²) in [6.45, 7) is 1.03. The molecule has 0 spiro atoms. The van der Waals surface area contributed by atoms with Gasteiger partial charge in [-0.25, -0.2) is 13.1 Å². The van der Waals surface area contributed by atoms with E-state index in [4.69, 9.17) is 4.74 Å². The molecule has 148 valence electrons. The van der Waals surface area contributed by atoms with E-state index in [1.807, 2.05) is 30.3 Å². The maximum absolute atomic E-state index is 13.3. The van der Waals surface area contributed by atoms with Gasteiger partial charge in [0, 0.05) is 24.9 Å². The van der Waals surface area contributed by atoms with Crippen LogP contribution in [0.2, 0.25) is 0 Å². The van der Waals surface area contributed by atoms with E-state index in [0.717, 1.165) is 18.4 Å². The van der Waals surface area contributed by atoms with Gasteiger partial charge in [0.25, 0.3) is 0 Å². The van der Waals surface area contributed by atoms with Gasteiger partial charge < -0.3 is 10.1 Å². The Balaban J connectivity index is 1.59. The average Bonchev–Trinajstić information content (AvgIpc) is 3.53. The summed E-state index contributed by atoms with van der Waals surface area (Å²) in [5.41, 5.74) is 0.751.